The first-order chi connectivity index (χ1) is 12.4. The fraction of sp³-hybridized carbons (Fsp3) is 0.250. The van der Waals surface area contributed by atoms with Crippen LogP contribution >= 0.6 is 11.3 Å². The summed E-state index contributed by atoms with van der Waals surface area (Å²) in [5.74, 6) is 0. The standard InChI is InChI=1S/C20H20N2O2S2/c1-14-10-17-12-16(8-9-19(17)22(14)26(2,23)24)18-13-25-20(21-18)11-15-6-4-3-5-7-15/h3-9,12-14H,10-11H2,1-2H3/t14-/m0/s1. The van der Waals surface area contributed by atoms with Crippen molar-refractivity contribution < 1.29 is 8.42 Å². The van der Waals surface area contributed by atoms with Gasteiger partial charge in [-0.3, -0.25) is 4.31 Å². The number of sulfonamides is 1. The minimum atomic E-state index is -3.25. The van der Waals surface area contributed by atoms with E-state index in [1.165, 1.54) is 16.1 Å². The number of hydrogen-bond donors (Lipinski definition) is 0. The molecule has 0 radical (unpaired) electrons. The molecule has 0 N–H and O–H groups in total. The molecule has 0 amide bonds. The Morgan fingerprint density at radius 1 is 1.19 bits per heavy atom. The molecule has 6 heteroatoms. The van der Waals surface area contributed by atoms with Gasteiger partial charge in [0.25, 0.3) is 0 Å². The normalized spacial score (nSPS) is 16.7. The zero-order chi connectivity index (χ0) is 18.3. The van der Waals surface area contributed by atoms with Gasteiger partial charge in [0.05, 0.1) is 22.6 Å². The monoisotopic (exact) mass is 384 g/mol. The summed E-state index contributed by atoms with van der Waals surface area (Å²) < 4.78 is 25.6. The second-order valence-corrected chi connectivity index (χ2v) is 9.55. The maximum atomic E-state index is 12.1. The first kappa shape index (κ1) is 17.2. The van der Waals surface area contributed by atoms with Crippen LogP contribution in [0.15, 0.2) is 53.9 Å². The molecular weight excluding hydrogens is 364 g/mol. The predicted octanol–water partition coefficient (Wildman–Crippen LogP) is 4.11. The molecule has 2 heterocycles. The maximum Gasteiger partial charge on any atom is 0.232 e. The van der Waals surface area contributed by atoms with E-state index < -0.39 is 10.0 Å². The first-order valence-corrected chi connectivity index (χ1v) is 11.3. The number of anilines is 1. The van der Waals surface area contributed by atoms with Crippen LogP contribution in [0.5, 0.6) is 0 Å². The quantitative estimate of drug-likeness (QED) is 0.680. The lowest BCUT2D eigenvalue weighted by atomic mass is 10.1. The zero-order valence-electron chi connectivity index (χ0n) is 14.7. The van der Waals surface area contributed by atoms with Crippen molar-refractivity contribution in [3.8, 4) is 11.3 Å². The summed E-state index contributed by atoms with van der Waals surface area (Å²) in [6.45, 7) is 1.95. The lowest BCUT2D eigenvalue weighted by molar-refractivity contribution is 0.590. The average Bonchev–Trinajstić information content (AvgIpc) is 3.17. The van der Waals surface area contributed by atoms with Gasteiger partial charge in [-0.1, -0.05) is 36.4 Å². The molecule has 134 valence electrons. The van der Waals surface area contributed by atoms with E-state index in [2.05, 4.69) is 23.6 Å². The van der Waals surface area contributed by atoms with E-state index in [1.54, 1.807) is 11.3 Å². The van der Waals surface area contributed by atoms with Gasteiger partial charge in [-0.15, -0.1) is 11.3 Å². The Labute approximate surface area is 158 Å². The summed E-state index contributed by atoms with van der Waals surface area (Å²) in [5.41, 5.74) is 5.11. The highest BCUT2D eigenvalue weighted by molar-refractivity contribution is 7.92. The Kier molecular flexibility index (Phi) is 4.32. The number of fused-ring (bicyclic) bond motifs is 1. The van der Waals surface area contributed by atoms with E-state index in [0.29, 0.717) is 0 Å². The molecule has 0 aliphatic carbocycles. The van der Waals surface area contributed by atoms with Crippen molar-refractivity contribution in [1.82, 2.24) is 4.98 Å². The van der Waals surface area contributed by atoms with E-state index in [4.69, 9.17) is 4.98 Å². The van der Waals surface area contributed by atoms with Gasteiger partial charge >= 0.3 is 0 Å². The summed E-state index contributed by atoms with van der Waals surface area (Å²) in [6, 6.07) is 16.2. The van der Waals surface area contributed by atoms with Crippen molar-refractivity contribution in [2.24, 2.45) is 0 Å². The summed E-state index contributed by atoms with van der Waals surface area (Å²) >= 11 is 1.66. The molecule has 1 aromatic heterocycles. The summed E-state index contributed by atoms with van der Waals surface area (Å²) in [7, 11) is -3.25. The molecule has 26 heavy (non-hydrogen) atoms. The third-order valence-electron chi connectivity index (χ3n) is 4.64. The van der Waals surface area contributed by atoms with Gasteiger partial charge in [-0.25, -0.2) is 13.4 Å². The van der Waals surface area contributed by atoms with Gasteiger partial charge < -0.3 is 0 Å². The van der Waals surface area contributed by atoms with Crippen molar-refractivity contribution in [2.45, 2.75) is 25.8 Å². The average molecular weight is 385 g/mol. The molecule has 3 aromatic rings. The Hall–Kier alpha value is -2.18. The summed E-state index contributed by atoms with van der Waals surface area (Å²) in [6.07, 6.45) is 2.83. The van der Waals surface area contributed by atoms with E-state index in [9.17, 15) is 8.42 Å². The number of rotatable bonds is 4. The minimum absolute atomic E-state index is 0.0423. The Bertz CT molecular complexity index is 1040. The second kappa shape index (κ2) is 6.52. The van der Waals surface area contributed by atoms with Crippen LogP contribution in [0.3, 0.4) is 0 Å². The molecule has 0 bridgehead atoms. The van der Waals surface area contributed by atoms with Gasteiger partial charge in [-0.05, 0) is 36.6 Å². The summed E-state index contributed by atoms with van der Waals surface area (Å²) in [4.78, 5) is 4.77. The molecule has 0 spiro atoms. The van der Waals surface area contributed by atoms with Gasteiger partial charge in [0.2, 0.25) is 10.0 Å². The van der Waals surface area contributed by atoms with Gasteiger partial charge in [0.1, 0.15) is 0 Å². The van der Waals surface area contributed by atoms with E-state index >= 15 is 0 Å². The van der Waals surface area contributed by atoms with E-state index in [0.717, 1.165) is 40.4 Å². The third kappa shape index (κ3) is 3.27. The number of aromatic nitrogens is 1. The molecule has 4 nitrogen and oxygen atoms in total. The molecule has 0 fully saturated rings. The van der Waals surface area contributed by atoms with Crippen LogP contribution in [0.4, 0.5) is 5.69 Å². The number of thiazole rings is 1. The van der Waals surface area contributed by atoms with Crippen molar-refractivity contribution in [1.29, 1.82) is 0 Å². The van der Waals surface area contributed by atoms with Crippen molar-refractivity contribution in [2.75, 3.05) is 10.6 Å². The third-order valence-corrected chi connectivity index (χ3v) is 6.76. The molecule has 4 rings (SSSR count). The van der Waals surface area contributed by atoms with Crippen LogP contribution in [0, 0.1) is 0 Å². The van der Waals surface area contributed by atoms with Crippen LogP contribution in [-0.4, -0.2) is 25.7 Å². The molecule has 0 unspecified atom stereocenters. The fourth-order valence-electron chi connectivity index (χ4n) is 3.56. The van der Waals surface area contributed by atoms with Crippen LogP contribution in [-0.2, 0) is 22.9 Å². The van der Waals surface area contributed by atoms with Gasteiger partial charge in [0, 0.05) is 23.4 Å². The van der Waals surface area contributed by atoms with E-state index in [-0.39, 0.29) is 6.04 Å². The highest BCUT2D eigenvalue weighted by Crippen LogP contribution is 2.37. The van der Waals surface area contributed by atoms with Gasteiger partial charge in [0.15, 0.2) is 0 Å². The lowest BCUT2D eigenvalue weighted by Crippen LogP contribution is -2.34. The smallest absolute Gasteiger partial charge is 0.232 e. The highest BCUT2D eigenvalue weighted by Gasteiger charge is 2.32. The molecule has 1 aliphatic rings. The molecular formula is C20H20N2O2S2. The largest absolute Gasteiger partial charge is 0.267 e. The Balaban J connectivity index is 1.62. The fourth-order valence-corrected chi connectivity index (χ4v) is 5.66. The molecule has 2 aromatic carbocycles. The van der Waals surface area contributed by atoms with E-state index in [1.807, 2.05) is 37.3 Å². The Morgan fingerprint density at radius 3 is 2.69 bits per heavy atom. The Morgan fingerprint density at radius 2 is 1.96 bits per heavy atom. The SMILES string of the molecule is C[C@H]1Cc2cc(-c3csc(Cc4ccccc4)n3)ccc2N1S(C)(=O)=O. The van der Waals surface area contributed by atoms with Crippen molar-refractivity contribution >= 4 is 27.0 Å². The summed E-state index contributed by atoms with van der Waals surface area (Å²) in [5, 5.41) is 3.16. The molecule has 1 aliphatic heterocycles. The first-order valence-electron chi connectivity index (χ1n) is 8.53. The van der Waals surface area contributed by atoms with Gasteiger partial charge in [-0.2, -0.15) is 0 Å². The number of benzene rings is 2. The highest BCUT2D eigenvalue weighted by atomic mass is 32.2. The van der Waals surface area contributed by atoms with Crippen LogP contribution in [0.1, 0.15) is 23.1 Å². The lowest BCUT2D eigenvalue weighted by Gasteiger charge is -2.21. The maximum absolute atomic E-state index is 12.1. The zero-order valence-corrected chi connectivity index (χ0v) is 16.3. The number of hydrogen-bond acceptors (Lipinski definition) is 4. The van der Waals surface area contributed by atoms with Crippen LogP contribution in [0.25, 0.3) is 11.3 Å². The molecule has 1 atom stereocenters. The van der Waals surface area contributed by atoms with Crippen molar-refractivity contribution in [3.63, 3.8) is 0 Å². The van der Waals surface area contributed by atoms with Crippen LogP contribution in [0.2, 0.25) is 0 Å². The topological polar surface area (TPSA) is 50.3 Å². The predicted molar refractivity (Wildman–Crippen MR) is 107 cm³/mol. The molecule has 0 saturated heterocycles. The van der Waals surface area contributed by atoms with Crippen LogP contribution < -0.4 is 4.31 Å². The minimum Gasteiger partial charge on any atom is -0.267 e. The molecule has 0 saturated carbocycles. The second-order valence-electron chi connectivity index (χ2n) is 6.74. The van der Waals surface area contributed by atoms with Crippen molar-refractivity contribution in [3.05, 3.63) is 70.0 Å². The number of nitrogens with zero attached hydrogens (tertiary/aromatic N) is 2.